The molecule has 118 valence electrons. The summed E-state index contributed by atoms with van der Waals surface area (Å²) in [6, 6.07) is 11.4. The summed E-state index contributed by atoms with van der Waals surface area (Å²) in [5.74, 6) is 0.325. The van der Waals surface area contributed by atoms with Crippen molar-refractivity contribution >= 4 is 45.4 Å². The highest BCUT2D eigenvalue weighted by Crippen LogP contribution is 2.34. The molecular formula is C16H15N3O2S2. The Balaban J connectivity index is 1.55. The summed E-state index contributed by atoms with van der Waals surface area (Å²) in [5, 5.41) is 2.40. The van der Waals surface area contributed by atoms with Crippen molar-refractivity contribution in [3.05, 3.63) is 53.9 Å². The number of imide groups is 1. The summed E-state index contributed by atoms with van der Waals surface area (Å²) in [5.41, 5.74) is 2.61. The molecule has 0 aliphatic carbocycles. The number of benzene rings is 1. The number of hydrogen-bond acceptors (Lipinski definition) is 5. The zero-order valence-corrected chi connectivity index (χ0v) is 14.1. The maximum absolute atomic E-state index is 12.0. The molecular weight excluding hydrogens is 330 g/mol. The molecule has 5 nitrogen and oxygen atoms in total. The zero-order valence-electron chi connectivity index (χ0n) is 12.5. The molecule has 0 radical (unpaired) electrons. The van der Waals surface area contributed by atoms with Gasteiger partial charge in [0.15, 0.2) is 0 Å². The molecule has 0 bridgehead atoms. The normalized spacial score (nSPS) is 13.2. The fourth-order valence-corrected chi connectivity index (χ4v) is 4.00. The van der Waals surface area contributed by atoms with E-state index in [1.54, 1.807) is 41.7 Å². The Kier molecular flexibility index (Phi) is 4.88. The number of hydrogen-bond donors (Lipinski definition) is 1. The van der Waals surface area contributed by atoms with Crippen LogP contribution in [0, 0.1) is 0 Å². The van der Waals surface area contributed by atoms with E-state index in [1.807, 2.05) is 18.2 Å². The second-order valence-electron chi connectivity index (χ2n) is 4.97. The van der Waals surface area contributed by atoms with Crippen LogP contribution in [0.2, 0.25) is 0 Å². The van der Waals surface area contributed by atoms with E-state index in [9.17, 15) is 9.59 Å². The average molecular weight is 345 g/mol. The van der Waals surface area contributed by atoms with E-state index in [0.29, 0.717) is 5.69 Å². The van der Waals surface area contributed by atoms with Crippen molar-refractivity contribution in [3.8, 4) is 0 Å². The molecule has 1 aliphatic heterocycles. The van der Waals surface area contributed by atoms with Crippen LogP contribution in [-0.4, -0.2) is 26.5 Å². The Morgan fingerprint density at radius 1 is 1.30 bits per heavy atom. The lowest BCUT2D eigenvalue weighted by Crippen LogP contribution is -2.33. The molecule has 0 saturated heterocycles. The van der Waals surface area contributed by atoms with Crippen molar-refractivity contribution in [2.45, 2.75) is 5.75 Å². The van der Waals surface area contributed by atoms with Crippen molar-refractivity contribution in [1.82, 2.24) is 9.88 Å². The smallest absolute Gasteiger partial charge is 0.274 e. The Morgan fingerprint density at radius 2 is 2.13 bits per heavy atom. The number of aliphatic imine (C=N–C) groups is 1. The van der Waals surface area contributed by atoms with Crippen LogP contribution in [0.25, 0.3) is 0 Å². The number of para-hydroxylation sites is 1. The lowest BCUT2D eigenvalue weighted by molar-refractivity contribution is -0.117. The van der Waals surface area contributed by atoms with E-state index in [-0.39, 0.29) is 17.6 Å². The van der Waals surface area contributed by atoms with Crippen LogP contribution >= 0.6 is 23.5 Å². The molecule has 2 heterocycles. The fraction of sp³-hybridized carbons (Fsp3) is 0.188. The molecule has 1 aliphatic rings. The minimum absolute atomic E-state index is 0.171. The number of carbonyl (C=O) groups excluding carboxylic acids is 2. The van der Waals surface area contributed by atoms with Gasteiger partial charge in [0.25, 0.3) is 5.91 Å². The summed E-state index contributed by atoms with van der Waals surface area (Å²) in [6.45, 7) is 0. The fourth-order valence-electron chi connectivity index (χ4n) is 2.14. The van der Waals surface area contributed by atoms with Crippen LogP contribution in [0.1, 0.15) is 16.1 Å². The molecule has 0 unspecified atom stereocenters. The predicted molar refractivity (Wildman–Crippen MR) is 95.2 cm³/mol. The topological polar surface area (TPSA) is 63.5 Å². The summed E-state index contributed by atoms with van der Waals surface area (Å²) in [7, 11) is 1.76. The number of thioether (sulfide) groups is 2. The number of rotatable bonds is 3. The Morgan fingerprint density at radius 3 is 2.91 bits per heavy atom. The van der Waals surface area contributed by atoms with Crippen LogP contribution in [0.5, 0.6) is 0 Å². The third-order valence-corrected chi connectivity index (χ3v) is 5.56. The predicted octanol–water partition coefficient (Wildman–Crippen LogP) is 2.95. The molecule has 23 heavy (non-hydrogen) atoms. The minimum atomic E-state index is -0.383. The Labute approximate surface area is 142 Å². The molecule has 1 N–H and O–H groups in total. The van der Waals surface area contributed by atoms with E-state index in [1.165, 1.54) is 17.3 Å². The number of aryl methyl sites for hydroxylation is 1. The van der Waals surface area contributed by atoms with Gasteiger partial charge >= 0.3 is 0 Å². The first-order valence-electron chi connectivity index (χ1n) is 7.01. The Bertz CT molecular complexity index is 783. The zero-order chi connectivity index (χ0) is 16.2. The SMILES string of the molecule is Cn1cccc1C(=O)NC(=O)CSC1=Nc2ccccc2CS1. The average Bonchev–Trinajstić information content (AvgIpc) is 2.99. The van der Waals surface area contributed by atoms with Gasteiger partial charge in [-0.15, -0.1) is 0 Å². The van der Waals surface area contributed by atoms with E-state index in [4.69, 9.17) is 0 Å². The summed E-state index contributed by atoms with van der Waals surface area (Å²) < 4.78 is 2.53. The number of nitrogens with zero attached hydrogens (tertiary/aromatic N) is 2. The van der Waals surface area contributed by atoms with E-state index in [0.717, 1.165) is 15.8 Å². The number of amides is 2. The van der Waals surface area contributed by atoms with Gasteiger partial charge in [0.1, 0.15) is 10.1 Å². The van der Waals surface area contributed by atoms with Gasteiger partial charge in [-0.25, -0.2) is 4.99 Å². The van der Waals surface area contributed by atoms with Crippen LogP contribution in [0.15, 0.2) is 47.6 Å². The van der Waals surface area contributed by atoms with E-state index in [2.05, 4.69) is 16.4 Å². The number of aromatic nitrogens is 1. The van der Waals surface area contributed by atoms with Crippen molar-refractivity contribution in [1.29, 1.82) is 0 Å². The molecule has 1 aromatic heterocycles. The third kappa shape index (κ3) is 3.86. The van der Waals surface area contributed by atoms with Gasteiger partial charge in [-0.05, 0) is 23.8 Å². The molecule has 2 aromatic rings. The molecule has 0 atom stereocenters. The number of carbonyl (C=O) groups is 2. The highest BCUT2D eigenvalue weighted by molar-refractivity contribution is 8.38. The van der Waals surface area contributed by atoms with Gasteiger partial charge < -0.3 is 4.57 Å². The monoisotopic (exact) mass is 345 g/mol. The van der Waals surface area contributed by atoms with Gasteiger partial charge in [0.05, 0.1) is 11.4 Å². The lowest BCUT2D eigenvalue weighted by atomic mass is 10.2. The number of nitrogens with one attached hydrogen (secondary N) is 1. The molecule has 7 heteroatoms. The molecule has 0 saturated carbocycles. The molecule has 1 aromatic carbocycles. The van der Waals surface area contributed by atoms with Crippen LogP contribution in [0.3, 0.4) is 0 Å². The van der Waals surface area contributed by atoms with Crippen LogP contribution in [-0.2, 0) is 17.6 Å². The quantitative estimate of drug-likeness (QED) is 0.929. The second-order valence-corrected chi connectivity index (χ2v) is 7.15. The minimum Gasteiger partial charge on any atom is -0.347 e. The maximum atomic E-state index is 12.0. The van der Waals surface area contributed by atoms with Gasteiger partial charge in [0.2, 0.25) is 5.91 Å². The van der Waals surface area contributed by atoms with Crippen molar-refractivity contribution in [3.63, 3.8) is 0 Å². The van der Waals surface area contributed by atoms with Crippen LogP contribution < -0.4 is 5.32 Å². The molecule has 3 rings (SSSR count). The molecule has 0 fully saturated rings. The van der Waals surface area contributed by atoms with E-state index >= 15 is 0 Å². The largest absolute Gasteiger partial charge is 0.347 e. The summed E-state index contributed by atoms with van der Waals surface area (Å²) in [4.78, 5) is 28.4. The summed E-state index contributed by atoms with van der Waals surface area (Å²) >= 11 is 2.97. The first kappa shape index (κ1) is 15.9. The van der Waals surface area contributed by atoms with Crippen molar-refractivity contribution in [2.75, 3.05) is 5.75 Å². The van der Waals surface area contributed by atoms with Crippen LogP contribution in [0.4, 0.5) is 5.69 Å². The van der Waals surface area contributed by atoms with E-state index < -0.39 is 0 Å². The van der Waals surface area contributed by atoms with Gasteiger partial charge in [0, 0.05) is 19.0 Å². The van der Waals surface area contributed by atoms with Crippen molar-refractivity contribution in [2.24, 2.45) is 12.0 Å². The highest BCUT2D eigenvalue weighted by Gasteiger charge is 2.16. The lowest BCUT2D eigenvalue weighted by Gasteiger charge is -2.13. The van der Waals surface area contributed by atoms with Gasteiger partial charge in [-0.1, -0.05) is 41.7 Å². The van der Waals surface area contributed by atoms with Gasteiger partial charge in [-0.3, -0.25) is 14.9 Å². The maximum Gasteiger partial charge on any atom is 0.274 e. The molecule has 0 spiro atoms. The third-order valence-electron chi connectivity index (χ3n) is 3.31. The second kappa shape index (κ2) is 7.06. The van der Waals surface area contributed by atoms with Gasteiger partial charge in [-0.2, -0.15) is 0 Å². The summed E-state index contributed by atoms with van der Waals surface area (Å²) in [6.07, 6.45) is 1.76. The Hall–Kier alpha value is -1.99. The molecule has 2 amide bonds. The number of fused-ring (bicyclic) bond motifs is 1. The highest BCUT2D eigenvalue weighted by atomic mass is 32.2. The van der Waals surface area contributed by atoms with Crippen molar-refractivity contribution < 1.29 is 9.59 Å². The standard InChI is InChI=1S/C16H15N3O2S2/c1-19-8-4-7-13(19)15(21)18-14(20)10-23-16-17-12-6-3-2-5-11(12)9-22-16/h2-8H,9-10H2,1H3,(H,18,20,21). The first-order chi connectivity index (χ1) is 11.1. The first-order valence-corrected chi connectivity index (χ1v) is 8.98.